The fourth-order valence-corrected chi connectivity index (χ4v) is 2.57. The topological polar surface area (TPSA) is 76.4 Å². The van der Waals surface area contributed by atoms with Crippen LogP contribution in [-0.2, 0) is 4.74 Å². The van der Waals surface area contributed by atoms with Gasteiger partial charge in [0.15, 0.2) is 0 Å². The Bertz CT molecular complexity index is 274. The third kappa shape index (κ3) is 5.37. The number of nitrogens with one attached hydrogen (secondary N) is 2. The Morgan fingerprint density at radius 2 is 1.89 bits per heavy atom. The minimum absolute atomic E-state index is 0.0339. The van der Waals surface area contributed by atoms with E-state index >= 15 is 0 Å². The lowest BCUT2D eigenvalue weighted by molar-refractivity contribution is 0.0243. The van der Waals surface area contributed by atoms with Crippen molar-refractivity contribution in [2.24, 2.45) is 5.73 Å². The Balaban J connectivity index is 1.42. The van der Waals surface area contributed by atoms with Gasteiger partial charge in [0.25, 0.3) is 0 Å². The minimum Gasteiger partial charge on any atom is -0.378 e. The molecule has 0 atom stereocenters. The number of hydrogen-bond donors (Lipinski definition) is 3. The predicted molar refractivity (Wildman–Crippen MR) is 75.0 cm³/mol. The van der Waals surface area contributed by atoms with E-state index in [1.54, 1.807) is 0 Å². The van der Waals surface area contributed by atoms with Crippen LogP contribution in [0.4, 0.5) is 4.79 Å². The number of ether oxygens (including phenoxy) is 1. The van der Waals surface area contributed by atoms with Crippen LogP contribution in [0.1, 0.15) is 51.4 Å². The molecular weight excluding hydrogens is 242 g/mol. The molecule has 2 aliphatic carbocycles. The molecule has 110 valence electrons. The summed E-state index contributed by atoms with van der Waals surface area (Å²) in [5.74, 6) is 0. The maximum Gasteiger partial charge on any atom is 0.315 e. The van der Waals surface area contributed by atoms with E-state index in [2.05, 4.69) is 10.6 Å². The molecule has 0 unspecified atom stereocenters. The quantitative estimate of drug-likeness (QED) is 0.640. The summed E-state index contributed by atoms with van der Waals surface area (Å²) < 4.78 is 5.80. The van der Waals surface area contributed by atoms with Gasteiger partial charge in [-0.25, -0.2) is 4.79 Å². The van der Waals surface area contributed by atoms with Crippen molar-refractivity contribution in [3.8, 4) is 0 Å². The van der Waals surface area contributed by atoms with Crippen molar-refractivity contribution < 1.29 is 9.53 Å². The molecule has 4 N–H and O–H groups in total. The minimum atomic E-state index is -0.0339. The largest absolute Gasteiger partial charge is 0.378 e. The summed E-state index contributed by atoms with van der Waals surface area (Å²) in [6, 6.07) is 0.743. The van der Waals surface area contributed by atoms with Crippen LogP contribution in [0.5, 0.6) is 0 Å². The standard InChI is InChI=1S/C14H27N3O2/c15-11-5-7-13(8-6-11)19-10-2-9-16-14(18)17-12-3-1-4-12/h11-13H,1-10,15H2,(H2,16,17,18). The van der Waals surface area contributed by atoms with Crippen LogP contribution in [0.25, 0.3) is 0 Å². The van der Waals surface area contributed by atoms with Gasteiger partial charge in [-0.1, -0.05) is 0 Å². The van der Waals surface area contributed by atoms with E-state index in [0.29, 0.717) is 24.7 Å². The molecule has 0 saturated heterocycles. The van der Waals surface area contributed by atoms with Crippen LogP contribution in [0.15, 0.2) is 0 Å². The van der Waals surface area contributed by atoms with Crippen molar-refractivity contribution in [3.63, 3.8) is 0 Å². The van der Waals surface area contributed by atoms with E-state index in [4.69, 9.17) is 10.5 Å². The highest BCUT2D eigenvalue weighted by atomic mass is 16.5. The van der Waals surface area contributed by atoms with E-state index in [-0.39, 0.29) is 6.03 Å². The van der Waals surface area contributed by atoms with E-state index < -0.39 is 0 Å². The third-order valence-electron chi connectivity index (χ3n) is 4.12. The highest BCUT2D eigenvalue weighted by Crippen LogP contribution is 2.19. The van der Waals surface area contributed by atoms with Crippen LogP contribution in [-0.4, -0.2) is 37.4 Å². The summed E-state index contributed by atoms with van der Waals surface area (Å²) in [6.07, 6.45) is 9.06. The predicted octanol–water partition coefficient (Wildman–Crippen LogP) is 1.51. The number of amides is 2. The maximum atomic E-state index is 11.5. The number of rotatable bonds is 6. The van der Waals surface area contributed by atoms with Gasteiger partial charge in [0, 0.05) is 25.2 Å². The average molecular weight is 269 g/mol. The van der Waals surface area contributed by atoms with Crippen molar-refractivity contribution in [2.45, 2.75) is 69.6 Å². The SMILES string of the molecule is NC1CCC(OCCCNC(=O)NC2CCC2)CC1. The molecule has 2 fully saturated rings. The summed E-state index contributed by atoms with van der Waals surface area (Å²) >= 11 is 0. The zero-order valence-electron chi connectivity index (χ0n) is 11.7. The van der Waals surface area contributed by atoms with Gasteiger partial charge in [0.2, 0.25) is 0 Å². The lowest BCUT2D eigenvalue weighted by Crippen LogP contribution is -2.45. The second-order valence-corrected chi connectivity index (χ2v) is 5.79. The molecule has 0 radical (unpaired) electrons. The molecule has 0 aliphatic heterocycles. The van der Waals surface area contributed by atoms with Crippen molar-refractivity contribution in [1.29, 1.82) is 0 Å². The van der Waals surface area contributed by atoms with Crippen LogP contribution >= 0.6 is 0 Å². The average Bonchev–Trinajstić information content (AvgIpc) is 2.36. The second-order valence-electron chi connectivity index (χ2n) is 5.79. The summed E-state index contributed by atoms with van der Waals surface area (Å²) in [4.78, 5) is 11.5. The van der Waals surface area contributed by atoms with Crippen LogP contribution in [0.2, 0.25) is 0 Å². The molecule has 0 heterocycles. The van der Waals surface area contributed by atoms with Crippen molar-refractivity contribution in [2.75, 3.05) is 13.2 Å². The first-order valence-corrected chi connectivity index (χ1v) is 7.65. The van der Waals surface area contributed by atoms with E-state index in [9.17, 15) is 4.79 Å². The zero-order chi connectivity index (χ0) is 13.5. The Labute approximate surface area is 115 Å². The number of carbonyl (C=O) groups excluding carboxylic acids is 1. The van der Waals surface area contributed by atoms with Gasteiger partial charge in [-0.05, 0) is 51.4 Å². The zero-order valence-corrected chi connectivity index (χ0v) is 11.7. The van der Waals surface area contributed by atoms with Crippen molar-refractivity contribution >= 4 is 6.03 Å². The highest BCUT2D eigenvalue weighted by Gasteiger charge is 2.19. The maximum absolute atomic E-state index is 11.5. The summed E-state index contributed by atoms with van der Waals surface area (Å²) in [7, 11) is 0. The van der Waals surface area contributed by atoms with Crippen molar-refractivity contribution in [1.82, 2.24) is 10.6 Å². The number of urea groups is 1. The number of hydrogen-bond acceptors (Lipinski definition) is 3. The molecule has 19 heavy (non-hydrogen) atoms. The van der Waals surface area contributed by atoms with Crippen molar-refractivity contribution in [3.05, 3.63) is 0 Å². The Morgan fingerprint density at radius 1 is 1.16 bits per heavy atom. The fraction of sp³-hybridized carbons (Fsp3) is 0.929. The highest BCUT2D eigenvalue weighted by molar-refractivity contribution is 5.74. The molecule has 2 amide bonds. The molecule has 2 rings (SSSR count). The van der Waals surface area contributed by atoms with Gasteiger partial charge >= 0.3 is 6.03 Å². The van der Waals surface area contributed by atoms with E-state index in [0.717, 1.165) is 51.6 Å². The number of carbonyl (C=O) groups is 1. The molecule has 5 nitrogen and oxygen atoms in total. The van der Waals surface area contributed by atoms with Gasteiger partial charge in [0.1, 0.15) is 0 Å². The molecule has 2 saturated carbocycles. The van der Waals surface area contributed by atoms with Gasteiger partial charge in [-0.3, -0.25) is 0 Å². The number of nitrogens with two attached hydrogens (primary N) is 1. The molecular formula is C14H27N3O2. The summed E-state index contributed by atoms with van der Waals surface area (Å²) in [6.45, 7) is 1.41. The van der Waals surface area contributed by atoms with E-state index in [1.165, 1.54) is 6.42 Å². The van der Waals surface area contributed by atoms with Crippen LogP contribution in [0, 0.1) is 0 Å². The molecule has 0 aromatic carbocycles. The Morgan fingerprint density at radius 3 is 2.53 bits per heavy atom. The molecule has 0 aromatic rings. The van der Waals surface area contributed by atoms with Gasteiger partial charge < -0.3 is 21.1 Å². The molecule has 0 bridgehead atoms. The normalized spacial score (nSPS) is 27.6. The Hall–Kier alpha value is -0.810. The first-order valence-electron chi connectivity index (χ1n) is 7.65. The molecule has 2 aliphatic rings. The van der Waals surface area contributed by atoms with E-state index in [1.807, 2.05) is 0 Å². The van der Waals surface area contributed by atoms with Crippen LogP contribution < -0.4 is 16.4 Å². The summed E-state index contributed by atoms with van der Waals surface area (Å²) in [5.41, 5.74) is 5.85. The summed E-state index contributed by atoms with van der Waals surface area (Å²) in [5, 5.41) is 5.83. The monoisotopic (exact) mass is 269 g/mol. The lowest BCUT2D eigenvalue weighted by Gasteiger charge is -2.27. The smallest absolute Gasteiger partial charge is 0.315 e. The van der Waals surface area contributed by atoms with Crippen LogP contribution in [0.3, 0.4) is 0 Å². The first kappa shape index (κ1) is 14.6. The van der Waals surface area contributed by atoms with Gasteiger partial charge in [-0.2, -0.15) is 0 Å². The molecule has 0 aromatic heterocycles. The third-order valence-corrected chi connectivity index (χ3v) is 4.12. The first-order chi connectivity index (χ1) is 9.24. The van der Waals surface area contributed by atoms with Gasteiger partial charge in [0.05, 0.1) is 6.10 Å². The van der Waals surface area contributed by atoms with Gasteiger partial charge in [-0.15, -0.1) is 0 Å². The lowest BCUT2D eigenvalue weighted by atomic mass is 9.93. The Kier molecular flexibility index (Phi) is 5.92. The molecule has 0 spiro atoms. The second kappa shape index (κ2) is 7.70. The fourth-order valence-electron chi connectivity index (χ4n) is 2.57. The molecule has 5 heteroatoms.